The third-order valence-corrected chi connectivity index (χ3v) is 5.34. The molecule has 3 heterocycles. The Labute approximate surface area is 162 Å². The fourth-order valence-electron chi connectivity index (χ4n) is 3.04. The maximum absolute atomic E-state index is 12.6. The maximum Gasteiger partial charge on any atom is 0.253 e. The van der Waals surface area contributed by atoms with Gasteiger partial charge in [0.15, 0.2) is 0 Å². The average Bonchev–Trinajstić information content (AvgIpc) is 3.29. The zero-order chi connectivity index (χ0) is 18.4. The molecule has 9 heteroatoms. The number of likely N-dealkylation sites (tertiary alicyclic amines) is 1. The minimum atomic E-state index is -0.0317. The number of hydrogen-bond donors (Lipinski definition) is 0. The molecule has 5 rings (SSSR count). The van der Waals surface area contributed by atoms with E-state index in [4.69, 9.17) is 16.1 Å². The molecule has 0 saturated carbocycles. The quantitative estimate of drug-likeness (QED) is 0.524. The Morgan fingerprint density at radius 1 is 1.15 bits per heavy atom. The zero-order valence-electron chi connectivity index (χ0n) is 13.9. The lowest BCUT2D eigenvalue weighted by Gasteiger charge is -2.37. The maximum atomic E-state index is 12.6. The molecule has 1 saturated heterocycles. The van der Waals surface area contributed by atoms with Gasteiger partial charge in [-0.2, -0.15) is 13.7 Å². The summed E-state index contributed by atoms with van der Waals surface area (Å²) in [5, 5.41) is 4.64. The molecule has 0 atom stereocenters. The molecule has 1 amide bonds. The predicted octanol–water partition coefficient (Wildman–Crippen LogP) is 3.63. The zero-order valence-corrected chi connectivity index (χ0v) is 15.4. The van der Waals surface area contributed by atoms with Gasteiger partial charge in [0.2, 0.25) is 11.7 Å². The number of halogens is 1. The molecule has 4 aromatic rings. The minimum absolute atomic E-state index is 0.0317. The van der Waals surface area contributed by atoms with Crippen LogP contribution in [0.25, 0.3) is 22.4 Å². The minimum Gasteiger partial charge on any atom is -0.339 e. The molecule has 0 aliphatic carbocycles. The first-order chi connectivity index (χ1) is 13.2. The van der Waals surface area contributed by atoms with Crippen LogP contribution >= 0.6 is 23.3 Å². The van der Waals surface area contributed by atoms with Crippen molar-refractivity contribution < 1.29 is 9.32 Å². The van der Waals surface area contributed by atoms with Gasteiger partial charge in [-0.05, 0) is 30.3 Å². The number of carbonyl (C=O) groups is 1. The molecule has 0 unspecified atom stereocenters. The first kappa shape index (κ1) is 16.3. The van der Waals surface area contributed by atoms with Gasteiger partial charge in [0.1, 0.15) is 11.0 Å². The van der Waals surface area contributed by atoms with Crippen molar-refractivity contribution in [2.24, 2.45) is 0 Å². The average molecular weight is 398 g/mol. The van der Waals surface area contributed by atoms with Gasteiger partial charge in [-0.1, -0.05) is 28.9 Å². The van der Waals surface area contributed by atoms with Crippen LogP contribution in [0.4, 0.5) is 0 Å². The van der Waals surface area contributed by atoms with Crippen molar-refractivity contribution in [2.75, 3.05) is 13.1 Å². The Balaban J connectivity index is 1.28. The third-order valence-electron chi connectivity index (χ3n) is 4.54. The fourth-order valence-corrected chi connectivity index (χ4v) is 3.75. The van der Waals surface area contributed by atoms with Crippen LogP contribution in [0.3, 0.4) is 0 Å². The molecular formula is C18H12ClN5O2S. The summed E-state index contributed by atoms with van der Waals surface area (Å²) in [4.78, 5) is 18.8. The van der Waals surface area contributed by atoms with Crippen LogP contribution in [-0.2, 0) is 0 Å². The summed E-state index contributed by atoms with van der Waals surface area (Å²) >= 11 is 7.15. The van der Waals surface area contributed by atoms with Gasteiger partial charge in [-0.15, -0.1) is 0 Å². The molecule has 0 bridgehead atoms. The SMILES string of the molecule is O=C(c1ccc2nsnc2c1)N1CC(c2nc(-c3cccc(Cl)c3)no2)C1. The van der Waals surface area contributed by atoms with E-state index in [-0.39, 0.29) is 11.8 Å². The van der Waals surface area contributed by atoms with Gasteiger partial charge in [-0.3, -0.25) is 4.79 Å². The first-order valence-electron chi connectivity index (χ1n) is 8.28. The molecule has 2 aromatic heterocycles. The molecule has 1 aliphatic heterocycles. The van der Waals surface area contributed by atoms with Crippen molar-refractivity contribution >= 4 is 40.3 Å². The van der Waals surface area contributed by atoms with E-state index in [0.717, 1.165) is 28.3 Å². The topological polar surface area (TPSA) is 85.0 Å². The van der Waals surface area contributed by atoms with Crippen molar-refractivity contribution in [1.29, 1.82) is 0 Å². The lowest BCUT2D eigenvalue weighted by Crippen LogP contribution is -2.48. The molecule has 0 radical (unpaired) electrons. The summed E-state index contributed by atoms with van der Waals surface area (Å²) in [6.07, 6.45) is 0. The smallest absolute Gasteiger partial charge is 0.253 e. The second-order valence-electron chi connectivity index (χ2n) is 6.34. The number of benzene rings is 2. The van der Waals surface area contributed by atoms with Crippen LogP contribution in [0.5, 0.6) is 0 Å². The Morgan fingerprint density at radius 3 is 2.85 bits per heavy atom. The lowest BCUT2D eigenvalue weighted by molar-refractivity contribution is 0.0569. The molecule has 134 valence electrons. The molecule has 27 heavy (non-hydrogen) atoms. The van der Waals surface area contributed by atoms with E-state index in [1.54, 1.807) is 29.2 Å². The molecule has 1 aliphatic rings. The number of hydrogen-bond acceptors (Lipinski definition) is 7. The summed E-state index contributed by atoms with van der Waals surface area (Å²) in [7, 11) is 0. The van der Waals surface area contributed by atoms with Crippen LogP contribution in [0.1, 0.15) is 22.2 Å². The Morgan fingerprint density at radius 2 is 2.00 bits per heavy atom. The highest BCUT2D eigenvalue weighted by Crippen LogP contribution is 2.29. The Bertz CT molecular complexity index is 1150. The van der Waals surface area contributed by atoms with E-state index in [1.165, 1.54) is 0 Å². The number of aromatic nitrogens is 4. The van der Waals surface area contributed by atoms with Crippen LogP contribution in [-0.4, -0.2) is 42.8 Å². The van der Waals surface area contributed by atoms with Crippen LogP contribution in [0, 0.1) is 0 Å². The standard InChI is InChI=1S/C18H12ClN5O2S/c19-13-3-1-2-10(6-13)16-20-17(26-21-16)12-8-24(9-12)18(25)11-4-5-14-15(7-11)23-27-22-14/h1-7,12H,8-9H2. The number of amides is 1. The second kappa shape index (κ2) is 6.40. The van der Waals surface area contributed by atoms with Crippen molar-refractivity contribution in [2.45, 2.75) is 5.92 Å². The third kappa shape index (κ3) is 2.96. The van der Waals surface area contributed by atoms with Crippen molar-refractivity contribution in [3.8, 4) is 11.4 Å². The summed E-state index contributed by atoms with van der Waals surface area (Å²) in [6, 6.07) is 12.7. The molecule has 0 N–H and O–H groups in total. The van der Waals surface area contributed by atoms with E-state index < -0.39 is 0 Å². The highest BCUT2D eigenvalue weighted by atomic mass is 35.5. The molecule has 2 aromatic carbocycles. The monoisotopic (exact) mass is 397 g/mol. The molecule has 1 fully saturated rings. The molecule has 0 spiro atoms. The summed E-state index contributed by atoms with van der Waals surface area (Å²) in [5.41, 5.74) is 2.96. The van der Waals surface area contributed by atoms with Gasteiger partial charge >= 0.3 is 0 Å². The molecule has 7 nitrogen and oxygen atoms in total. The van der Waals surface area contributed by atoms with Crippen molar-refractivity contribution in [3.05, 3.63) is 58.9 Å². The Hall–Kier alpha value is -2.84. The van der Waals surface area contributed by atoms with Crippen molar-refractivity contribution in [1.82, 2.24) is 23.8 Å². The fraction of sp³-hybridized carbons (Fsp3) is 0.167. The van der Waals surface area contributed by atoms with E-state index in [1.807, 2.05) is 18.2 Å². The number of carbonyl (C=O) groups excluding carboxylic acids is 1. The van der Waals surface area contributed by atoms with E-state index in [2.05, 4.69) is 18.9 Å². The normalized spacial score (nSPS) is 14.5. The van der Waals surface area contributed by atoms with Gasteiger partial charge in [0.05, 0.1) is 17.6 Å². The summed E-state index contributed by atoms with van der Waals surface area (Å²) in [6.45, 7) is 1.09. The first-order valence-corrected chi connectivity index (χ1v) is 9.39. The van der Waals surface area contributed by atoms with Crippen LogP contribution < -0.4 is 0 Å². The number of nitrogens with zero attached hydrogens (tertiary/aromatic N) is 5. The summed E-state index contributed by atoms with van der Waals surface area (Å²) in [5.74, 6) is 1.04. The lowest BCUT2D eigenvalue weighted by atomic mass is 9.98. The van der Waals surface area contributed by atoms with Gasteiger partial charge in [0, 0.05) is 29.2 Å². The number of fused-ring (bicyclic) bond motifs is 1. The van der Waals surface area contributed by atoms with Crippen LogP contribution in [0.15, 0.2) is 47.0 Å². The highest BCUT2D eigenvalue weighted by Gasteiger charge is 2.36. The van der Waals surface area contributed by atoms with E-state index in [0.29, 0.717) is 35.4 Å². The van der Waals surface area contributed by atoms with Crippen molar-refractivity contribution in [3.63, 3.8) is 0 Å². The van der Waals surface area contributed by atoms with E-state index in [9.17, 15) is 4.79 Å². The van der Waals surface area contributed by atoms with Gasteiger partial charge in [-0.25, -0.2) is 0 Å². The van der Waals surface area contributed by atoms with E-state index >= 15 is 0 Å². The van der Waals surface area contributed by atoms with Gasteiger partial charge in [0.25, 0.3) is 5.91 Å². The molecular weight excluding hydrogens is 386 g/mol. The van der Waals surface area contributed by atoms with Gasteiger partial charge < -0.3 is 9.42 Å². The number of rotatable bonds is 3. The largest absolute Gasteiger partial charge is 0.339 e. The van der Waals surface area contributed by atoms with Crippen LogP contribution in [0.2, 0.25) is 5.02 Å². The second-order valence-corrected chi connectivity index (χ2v) is 7.31. The summed E-state index contributed by atoms with van der Waals surface area (Å²) < 4.78 is 13.7. The highest BCUT2D eigenvalue weighted by molar-refractivity contribution is 7.00. The Kier molecular flexibility index (Phi) is 3.87. The predicted molar refractivity (Wildman–Crippen MR) is 101 cm³/mol.